The van der Waals surface area contributed by atoms with Crippen molar-refractivity contribution < 1.29 is 19.8 Å². The van der Waals surface area contributed by atoms with Crippen molar-refractivity contribution in [2.45, 2.75) is 38.8 Å². The average molecular weight is 333 g/mol. The van der Waals surface area contributed by atoms with Gasteiger partial charge in [-0.25, -0.2) is 4.79 Å². The number of rotatable bonds is 7. The number of nitrogens with one attached hydrogen (secondary N) is 2. The molecule has 1 aromatic heterocycles. The highest BCUT2D eigenvalue weighted by molar-refractivity contribution is 5.89. The van der Waals surface area contributed by atoms with Crippen LogP contribution in [0, 0.1) is 5.92 Å². The van der Waals surface area contributed by atoms with Gasteiger partial charge in [-0.15, -0.1) is 0 Å². The summed E-state index contributed by atoms with van der Waals surface area (Å²) in [6, 6.07) is 3.09. The lowest BCUT2D eigenvalue weighted by atomic mass is 10.0. The Balaban J connectivity index is 2.07. The molecule has 7 nitrogen and oxygen atoms in total. The van der Waals surface area contributed by atoms with Crippen molar-refractivity contribution in [2.75, 3.05) is 0 Å². The molecule has 7 heteroatoms. The Morgan fingerprint density at radius 3 is 2.67 bits per heavy atom. The van der Waals surface area contributed by atoms with E-state index in [0.29, 0.717) is 6.42 Å². The second kappa shape index (κ2) is 7.35. The number of carbonyl (C=O) groups excluding carboxylic acids is 1. The number of fused-ring (bicyclic) bond motifs is 1. The molecule has 0 fully saturated rings. The lowest BCUT2D eigenvalue weighted by Gasteiger charge is -2.19. The van der Waals surface area contributed by atoms with Crippen LogP contribution in [0.5, 0.6) is 5.75 Å². The van der Waals surface area contributed by atoms with E-state index in [1.54, 1.807) is 24.4 Å². The fourth-order valence-electron chi connectivity index (χ4n) is 2.64. The number of phenolic OH excluding ortho intramolecular Hbond substituents is 1. The van der Waals surface area contributed by atoms with Gasteiger partial charge in [0.25, 0.3) is 0 Å². The van der Waals surface area contributed by atoms with Crippen LogP contribution < -0.4 is 11.1 Å². The van der Waals surface area contributed by atoms with E-state index in [2.05, 4.69) is 10.3 Å². The third-order valence-electron chi connectivity index (χ3n) is 3.85. The number of H-pyrrole nitrogens is 1. The molecule has 1 aromatic carbocycles. The maximum Gasteiger partial charge on any atom is 0.326 e. The molecule has 2 rings (SSSR count). The number of aromatic nitrogens is 1. The van der Waals surface area contributed by atoms with Crippen LogP contribution in [0.15, 0.2) is 24.4 Å². The smallest absolute Gasteiger partial charge is 0.326 e. The lowest BCUT2D eigenvalue weighted by Crippen LogP contribution is -2.49. The minimum absolute atomic E-state index is 0.129. The zero-order valence-electron chi connectivity index (χ0n) is 13.7. The third-order valence-corrected chi connectivity index (χ3v) is 3.85. The molecule has 0 spiro atoms. The minimum atomic E-state index is -1.07. The monoisotopic (exact) mass is 333 g/mol. The predicted octanol–water partition coefficient (Wildman–Crippen LogP) is 1.36. The summed E-state index contributed by atoms with van der Waals surface area (Å²) in [5.74, 6) is -1.30. The SMILES string of the molecule is CC(C)CC(NC(=O)C(N)Cc1c[nH]c2ccc(O)cc12)C(=O)O. The van der Waals surface area contributed by atoms with E-state index < -0.39 is 24.0 Å². The van der Waals surface area contributed by atoms with Crippen molar-refractivity contribution in [3.8, 4) is 5.75 Å². The van der Waals surface area contributed by atoms with E-state index in [-0.39, 0.29) is 18.1 Å². The number of carbonyl (C=O) groups is 2. The molecule has 0 aliphatic heterocycles. The quantitative estimate of drug-likeness (QED) is 0.522. The first-order chi connectivity index (χ1) is 11.3. The summed E-state index contributed by atoms with van der Waals surface area (Å²) in [5.41, 5.74) is 7.56. The molecular formula is C17H23N3O4. The largest absolute Gasteiger partial charge is 0.508 e. The molecule has 2 unspecified atom stereocenters. The normalized spacial score (nSPS) is 13.8. The number of carboxylic acids is 1. The van der Waals surface area contributed by atoms with Gasteiger partial charge in [-0.1, -0.05) is 13.8 Å². The molecule has 2 aromatic rings. The molecule has 6 N–H and O–H groups in total. The second-order valence-corrected chi connectivity index (χ2v) is 6.38. The number of phenols is 1. The fourth-order valence-corrected chi connectivity index (χ4v) is 2.64. The number of aromatic hydroxyl groups is 1. The van der Waals surface area contributed by atoms with Crippen LogP contribution in [0.25, 0.3) is 10.9 Å². The van der Waals surface area contributed by atoms with E-state index in [1.807, 2.05) is 13.8 Å². The van der Waals surface area contributed by atoms with E-state index in [9.17, 15) is 19.8 Å². The molecule has 1 amide bonds. The molecule has 0 radical (unpaired) electrons. The van der Waals surface area contributed by atoms with Gasteiger partial charge in [0.1, 0.15) is 11.8 Å². The van der Waals surface area contributed by atoms with Crippen LogP contribution in [0.1, 0.15) is 25.8 Å². The highest BCUT2D eigenvalue weighted by atomic mass is 16.4. The number of aromatic amines is 1. The van der Waals surface area contributed by atoms with Gasteiger partial charge in [0.05, 0.1) is 6.04 Å². The summed E-state index contributed by atoms with van der Waals surface area (Å²) < 4.78 is 0. The molecular weight excluding hydrogens is 310 g/mol. The summed E-state index contributed by atoms with van der Waals surface area (Å²) >= 11 is 0. The summed E-state index contributed by atoms with van der Waals surface area (Å²) in [5, 5.41) is 22.1. The minimum Gasteiger partial charge on any atom is -0.508 e. The van der Waals surface area contributed by atoms with Crippen molar-refractivity contribution in [3.05, 3.63) is 30.0 Å². The molecule has 0 bridgehead atoms. The topological polar surface area (TPSA) is 128 Å². The van der Waals surface area contributed by atoms with Crippen LogP contribution in [0.3, 0.4) is 0 Å². The first-order valence-electron chi connectivity index (χ1n) is 7.85. The van der Waals surface area contributed by atoms with Crippen LogP contribution in [-0.4, -0.2) is 39.2 Å². The van der Waals surface area contributed by atoms with Gasteiger partial charge in [0.2, 0.25) is 5.91 Å². The second-order valence-electron chi connectivity index (χ2n) is 6.38. The number of hydrogen-bond acceptors (Lipinski definition) is 4. The van der Waals surface area contributed by atoms with Gasteiger partial charge < -0.3 is 26.2 Å². The average Bonchev–Trinajstić information content (AvgIpc) is 2.88. The van der Waals surface area contributed by atoms with Crippen molar-refractivity contribution in [1.82, 2.24) is 10.3 Å². The summed E-state index contributed by atoms with van der Waals surface area (Å²) in [6.45, 7) is 3.78. The van der Waals surface area contributed by atoms with Crippen LogP contribution in [-0.2, 0) is 16.0 Å². The van der Waals surface area contributed by atoms with Crippen molar-refractivity contribution in [1.29, 1.82) is 0 Å². The first kappa shape index (κ1) is 17.8. The molecule has 0 aliphatic rings. The highest BCUT2D eigenvalue weighted by Crippen LogP contribution is 2.23. The Bertz CT molecular complexity index is 739. The fraction of sp³-hybridized carbons (Fsp3) is 0.412. The molecule has 0 saturated carbocycles. The molecule has 0 saturated heterocycles. The maximum absolute atomic E-state index is 12.2. The number of aliphatic carboxylic acids is 1. The van der Waals surface area contributed by atoms with E-state index >= 15 is 0 Å². The lowest BCUT2D eigenvalue weighted by molar-refractivity contribution is -0.142. The molecule has 130 valence electrons. The number of carboxylic acid groups (broad SMARTS) is 1. The number of hydrogen-bond donors (Lipinski definition) is 5. The molecule has 2 atom stereocenters. The van der Waals surface area contributed by atoms with Crippen molar-refractivity contribution >= 4 is 22.8 Å². The Morgan fingerprint density at radius 1 is 1.33 bits per heavy atom. The highest BCUT2D eigenvalue weighted by Gasteiger charge is 2.24. The van der Waals surface area contributed by atoms with Crippen molar-refractivity contribution in [2.24, 2.45) is 11.7 Å². The Hall–Kier alpha value is -2.54. The zero-order chi connectivity index (χ0) is 17.9. The zero-order valence-corrected chi connectivity index (χ0v) is 13.7. The van der Waals surface area contributed by atoms with E-state index in [4.69, 9.17) is 5.73 Å². The predicted molar refractivity (Wildman–Crippen MR) is 90.7 cm³/mol. The van der Waals surface area contributed by atoms with Gasteiger partial charge in [-0.2, -0.15) is 0 Å². The molecule has 0 aliphatic carbocycles. The number of amides is 1. The Morgan fingerprint density at radius 2 is 2.04 bits per heavy atom. The first-order valence-corrected chi connectivity index (χ1v) is 7.85. The van der Waals surface area contributed by atoms with Gasteiger partial charge in [0, 0.05) is 17.1 Å². The summed E-state index contributed by atoms with van der Waals surface area (Å²) in [7, 11) is 0. The van der Waals surface area contributed by atoms with Gasteiger partial charge >= 0.3 is 5.97 Å². The van der Waals surface area contributed by atoms with Crippen molar-refractivity contribution in [3.63, 3.8) is 0 Å². The van der Waals surface area contributed by atoms with Gasteiger partial charge in [-0.3, -0.25) is 4.79 Å². The third kappa shape index (κ3) is 4.26. The standard InChI is InChI=1S/C17H23N3O4/c1-9(2)5-15(17(23)24)20-16(22)13(18)6-10-8-19-14-4-3-11(21)7-12(10)14/h3-4,7-9,13,15,19,21H,5-6,18H2,1-2H3,(H,20,22)(H,23,24). The summed E-state index contributed by atoms with van der Waals surface area (Å²) in [4.78, 5) is 26.5. The van der Waals surface area contributed by atoms with E-state index in [1.165, 1.54) is 0 Å². The maximum atomic E-state index is 12.2. The number of benzene rings is 1. The van der Waals surface area contributed by atoms with Gasteiger partial charge in [-0.05, 0) is 42.5 Å². The van der Waals surface area contributed by atoms with Crippen LogP contribution in [0.4, 0.5) is 0 Å². The number of nitrogens with two attached hydrogens (primary N) is 1. The molecule has 24 heavy (non-hydrogen) atoms. The molecule has 1 heterocycles. The Labute approximate surface area is 139 Å². The van der Waals surface area contributed by atoms with Gasteiger partial charge in [0.15, 0.2) is 0 Å². The Kier molecular flexibility index (Phi) is 5.46. The summed E-state index contributed by atoms with van der Waals surface area (Å²) in [6.07, 6.45) is 2.32. The van der Waals surface area contributed by atoms with Crippen LogP contribution in [0.2, 0.25) is 0 Å². The van der Waals surface area contributed by atoms with Crippen LogP contribution >= 0.6 is 0 Å². The van der Waals surface area contributed by atoms with E-state index in [0.717, 1.165) is 16.5 Å².